The van der Waals surface area contributed by atoms with Crippen molar-refractivity contribution in [3.8, 4) is 0 Å². The van der Waals surface area contributed by atoms with E-state index in [1.807, 2.05) is 13.0 Å². The minimum atomic E-state index is -0.410. The maximum absolute atomic E-state index is 11.7. The molecule has 0 aromatic carbocycles. The van der Waals surface area contributed by atoms with Crippen LogP contribution in [0, 0.1) is 5.41 Å². The van der Waals surface area contributed by atoms with Gasteiger partial charge in [0.25, 0.3) is 0 Å². The summed E-state index contributed by atoms with van der Waals surface area (Å²) in [6, 6.07) is 0. The van der Waals surface area contributed by atoms with Gasteiger partial charge in [-0.05, 0) is 37.8 Å². The van der Waals surface area contributed by atoms with Gasteiger partial charge >= 0.3 is 0 Å². The molecule has 0 unspecified atom stereocenters. The van der Waals surface area contributed by atoms with Crippen LogP contribution < -0.4 is 0 Å². The number of rotatable bonds is 0. The van der Waals surface area contributed by atoms with Gasteiger partial charge in [-0.1, -0.05) is 12.2 Å². The molecule has 2 nitrogen and oxygen atoms in total. The number of aliphatic hydroxyl groups excluding tert-OH is 1. The number of ketones is 1. The first kappa shape index (κ1) is 8.70. The third kappa shape index (κ3) is 1.17. The lowest BCUT2D eigenvalue weighted by molar-refractivity contribution is -0.123. The van der Waals surface area contributed by atoms with Crippen LogP contribution >= 0.6 is 0 Å². The number of allylic oxidation sites excluding steroid dienone is 3. The molecule has 0 heterocycles. The highest BCUT2D eigenvalue weighted by molar-refractivity contribution is 5.98. The summed E-state index contributed by atoms with van der Waals surface area (Å²) in [6.07, 6.45) is 7.45. The van der Waals surface area contributed by atoms with Crippen molar-refractivity contribution >= 4 is 5.78 Å². The molecule has 13 heavy (non-hydrogen) atoms. The van der Waals surface area contributed by atoms with Crippen molar-refractivity contribution in [2.24, 2.45) is 5.41 Å². The quantitative estimate of drug-likeness (QED) is 0.611. The molecular formula is C11H14O2. The lowest BCUT2D eigenvalue weighted by atomic mass is 9.66. The fourth-order valence-corrected chi connectivity index (χ4v) is 2.30. The Labute approximate surface area is 78.0 Å². The highest BCUT2D eigenvalue weighted by atomic mass is 16.3. The standard InChI is InChI=1S/C11H14O2/c1-11-7-3-5-9(12)8(11)4-2-6-10(11)13/h2,4,6,9,12H,3,5,7H2,1H3/t9-,11-/m0/s1. The average Bonchev–Trinajstić information content (AvgIpc) is 2.08. The van der Waals surface area contributed by atoms with Crippen molar-refractivity contribution in [2.45, 2.75) is 32.3 Å². The summed E-state index contributed by atoms with van der Waals surface area (Å²) in [6.45, 7) is 1.94. The van der Waals surface area contributed by atoms with Crippen LogP contribution in [-0.2, 0) is 4.79 Å². The van der Waals surface area contributed by atoms with Gasteiger partial charge in [-0.3, -0.25) is 4.79 Å². The van der Waals surface area contributed by atoms with Crippen molar-refractivity contribution in [3.05, 3.63) is 23.8 Å². The van der Waals surface area contributed by atoms with E-state index in [0.717, 1.165) is 24.8 Å². The van der Waals surface area contributed by atoms with E-state index in [4.69, 9.17) is 0 Å². The second-order valence-electron chi connectivity index (χ2n) is 4.09. The topological polar surface area (TPSA) is 37.3 Å². The molecule has 0 radical (unpaired) electrons. The molecule has 1 fully saturated rings. The molecule has 2 aliphatic carbocycles. The zero-order valence-electron chi connectivity index (χ0n) is 7.79. The van der Waals surface area contributed by atoms with Gasteiger partial charge < -0.3 is 5.11 Å². The Morgan fingerprint density at radius 2 is 2.38 bits per heavy atom. The average molecular weight is 178 g/mol. The van der Waals surface area contributed by atoms with Crippen LogP contribution in [0.1, 0.15) is 26.2 Å². The molecule has 1 N–H and O–H groups in total. The SMILES string of the molecule is C[C@]12CCC[C@H](O)C1=CC=CC2=O. The predicted molar refractivity (Wildman–Crippen MR) is 50.2 cm³/mol. The van der Waals surface area contributed by atoms with Crippen molar-refractivity contribution in [2.75, 3.05) is 0 Å². The minimum absolute atomic E-state index is 0.142. The van der Waals surface area contributed by atoms with Crippen LogP contribution in [-0.4, -0.2) is 17.0 Å². The minimum Gasteiger partial charge on any atom is -0.389 e. The Hall–Kier alpha value is -0.890. The Bertz CT molecular complexity index is 301. The zero-order chi connectivity index (χ0) is 9.47. The fourth-order valence-electron chi connectivity index (χ4n) is 2.30. The molecule has 0 bridgehead atoms. The van der Waals surface area contributed by atoms with E-state index < -0.39 is 11.5 Å². The van der Waals surface area contributed by atoms with E-state index >= 15 is 0 Å². The van der Waals surface area contributed by atoms with Gasteiger partial charge in [0.1, 0.15) is 0 Å². The summed E-state index contributed by atoms with van der Waals surface area (Å²) in [5.74, 6) is 0.142. The largest absolute Gasteiger partial charge is 0.389 e. The van der Waals surface area contributed by atoms with Crippen molar-refractivity contribution in [3.63, 3.8) is 0 Å². The molecular weight excluding hydrogens is 164 g/mol. The first-order valence-corrected chi connectivity index (χ1v) is 4.76. The van der Waals surface area contributed by atoms with Crippen LogP contribution in [0.5, 0.6) is 0 Å². The number of carbonyl (C=O) groups is 1. The van der Waals surface area contributed by atoms with Gasteiger partial charge in [-0.15, -0.1) is 0 Å². The highest BCUT2D eigenvalue weighted by Gasteiger charge is 2.41. The molecule has 0 aliphatic heterocycles. The second kappa shape index (κ2) is 2.81. The molecule has 1 saturated carbocycles. The molecule has 2 heteroatoms. The first-order valence-electron chi connectivity index (χ1n) is 4.76. The smallest absolute Gasteiger partial charge is 0.165 e. The van der Waals surface area contributed by atoms with E-state index in [1.165, 1.54) is 0 Å². The van der Waals surface area contributed by atoms with E-state index in [1.54, 1.807) is 12.2 Å². The summed E-state index contributed by atoms with van der Waals surface area (Å²) < 4.78 is 0. The number of aliphatic hydroxyl groups is 1. The van der Waals surface area contributed by atoms with Crippen LogP contribution in [0.3, 0.4) is 0 Å². The first-order chi connectivity index (χ1) is 6.14. The summed E-state index contributed by atoms with van der Waals surface area (Å²) in [5, 5.41) is 9.73. The van der Waals surface area contributed by atoms with Gasteiger partial charge in [0.15, 0.2) is 5.78 Å². The molecule has 0 aromatic heterocycles. The van der Waals surface area contributed by atoms with Crippen LogP contribution in [0.4, 0.5) is 0 Å². The number of fused-ring (bicyclic) bond motifs is 1. The third-order valence-corrected chi connectivity index (χ3v) is 3.22. The molecule has 0 aromatic rings. The summed E-state index contributed by atoms with van der Waals surface area (Å²) >= 11 is 0. The van der Waals surface area contributed by atoms with Crippen LogP contribution in [0.25, 0.3) is 0 Å². The van der Waals surface area contributed by atoms with Gasteiger partial charge in [-0.2, -0.15) is 0 Å². The van der Waals surface area contributed by atoms with Crippen molar-refractivity contribution in [1.29, 1.82) is 0 Å². The zero-order valence-corrected chi connectivity index (χ0v) is 7.79. The highest BCUT2D eigenvalue weighted by Crippen LogP contribution is 2.43. The monoisotopic (exact) mass is 178 g/mol. The molecule has 70 valence electrons. The molecule has 2 atom stereocenters. The van der Waals surface area contributed by atoms with E-state index in [-0.39, 0.29) is 5.78 Å². The van der Waals surface area contributed by atoms with Gasteiger partial charge in [-0.25, -0.2) is 0 Å². The van der Waals surface area contributed by atoms with E-state index in [0.29, 0.717) is 0 Å². The van der Waals surface area contributed by atoms with Crippen molar-refractivity contribution in [1.82, 2.24) is 0 Å². The van der Waals surface area contributed by atoms with Gasteiger partial charge in [0, 0.05) is 0 Å². The molecule has 0 amide bonds. The Morgan fingerprint density at radius 3 is 3.08 bits per heavy atom. The number of hydrogen-bond acceptors (Lipinski definition) is 2. The van der Waals surface area contributed by atoms with Gasteiger partial charge in [0.05, 0.1) is 11.5 Å². The molecule has 0 spiro atoms. The number of hydrogen-bond donors (Lipinski definition) is 1. The summed E-state index contributed by atoms with van der Waals surface area (Å²) in [5.41, 5.74) is 0.498. The normalized spacial score (nSPS) is 38.5. The lowest BCUT2D eigenvalue weighted by Gasteiger charge is -2.38. The molecule has 0 saturated heterocycles. The second-order valence-corrected chi connectivity index (χ2v) is 4.09. The van der Waals surface area contributed by atoms with E-state index in [2.05, 4.69) is 0 Å². The Kier molecular flexibility index (Phi) is 1.88. The fraction of sp³-hybridized carbons (Fsp3) is 0.545. The maximum Gasteiger partial charge on any atom is 0.165 e. The lowest BCUT2D eigenvalue weighted by Crippen LogP contribution is -2.39. The van der Waals surface area contributed by atoms with Crippen molar-refractivity contribution < 1.29 is 9.90 Å². The van der Waals surface area contributed by atoms with Crippen LogP contribution in [0.2, 0.25) is 0 Å². The third-order valence-electron chi connectivity index (χ3n) is 3.22. The summed E-state index contributed by atoms with van der Waals surface area (Å²) in [4.78, 5) is 11.7. The Balaban J connectivity index is 2.42. The van der Waals surface area contributed by atoms with Crippen LogP contribution in [0.15, 0.2) is 23.8 Å². The molecule has 2 rings (SSSR count). The predicted octanol–water partition coefficient (Wildman–Crippen LogP) is 1.60. The summed E-state index contributed by atoms with van der Waals surface area (Å²) in [7, 11) is 0. The Morgan fingerprint density at radius 1 is 1.62 bits per heavy atom. The maximum atomic E-state index is 11.7. The van der Waals surface area contributed by atoms with Gasteiger partial charge in [0.2, 0.25) is 0 Å². The molecule has 2 aliphatic rings. The van der Waals surface area contributed by atoms with E-state index in [9.17, 15) is 9.90 Å². The number of carbonyl (C=O) groups excluding carboxylic acids is 1.